The first-order chi connectivity index (χ1) is 12.1. The topological polar surface area (TPSA) is 19.6 Å². The molecule has 3 nitrogen and oxygen atoms in total. The molecule has 5 atom stereocenters. The van der Waals surface area contributed by atoms with E-state index in [0.717, 1.165) is 23.8 Å². The Morgan fingerprint density at radius 2 is 1.96 bits per heavy atom. The molecule has 0 spiro atoms. The average molecular weight is 332 g/mol. The SMILES string of the molecule is Cc1cc2oc3ccccc3c2cc1C12CC3CN(CN(C3)[C@@H]1C)C2. The quantitative estimate of drug-likeness (QED) is 0.668. The zero-order valence-electron chi connectivity index (χ0n) is 15.0. The number of para-hydroxylation sites is 1. The fraction of sp³-hybridized carbons (Fsp3) is 0.455. The molecule has 5 heterocycles. The molecule has 4 aliphatic heterocycles. The van der Waals surface area contributed by atoms with Crippen LogP contribution in [0.1, 0.15) is 24.5 Å². The number of nitrogens with zero attached hydrogens (tertiary/aromatic N) is 2. The van der Waals surface area contributed by atoms with Crippen LogP contribution in [0.3, 0.4) is 0 Å². The van der Waals surface area contributed by atoms with Gasteiger partial charge < -0.3 is 4.42 Å². The molecule has 25 heavy (non-hydrogen) atoms. The molecule has 0 N–H and O–H groups in total. The van der Waals surface area contributed by atoms with E-state index in [4.69, 9.17) is 4.42 Å². The second kappa shape index (κ2) is 4.66. The first kappa shape index (κ1) is 14.3. The van der Waals surface area contributed by atoms with Crippen LogP contribution in [0.2, 0.25) is 0 Å². The lowest BCUT2D eigenvalue weighted by atomic mass is 9.61. The molecule has 7 rings (SSSR count). The molecule has 4 fully saturated rings. The maximum absolute atomic E-state index is 6.11. The van der Waals surface area contributed by atoms with Crippen molar-refractivity contribution in [3.8, 4) is 0 Å². The van der Waals surface area contributed by atoms with Crippen LogP contribution in [0.5, 0.6) is 0 Å². The summed E-state index contributed by atoms with van der Waals surface area (Å²) in [5, 5.41) is 2.53. The Labute approximate surface area is 148 Å². The van der Waals surface area contributed by atoms with E-state index < -0.39 is 0 Å². The highest BCUT2D eigenvalue weighted by Crippen LogP contribution is 2.50. The number of rotatable bonds is 1. The van der Waals surface area contributed by atoms with Gasteiger partial charge in [0.05, 0.1) is 6.67 Å². The van der Waals surface area contributed by atoms with Gasteiger partial charge in [-0.2, -0.15) is 0 Å². The van der Waals surface area contributed by atoms with E-state index >= 15 is 0 Å². The molecule has 4 bridgehead atoms. The number of hydrogen-bond donors (Lipinski definition) is 0. The molecular formula is C22H24N2O. The summed E-state index contributed by atoms with van der Waals surface area (Å²) in [5.41, 5.74) is 5.25. The van der Waals surface area contributed by atoms with Crippen molar-refractivity contribution in [1.29, 1.82) is 0 Å². The summed E-state index contributed by atoms with van der Waals surface area (Å²) >= 11 is 0. The normalized spacial score (nSPS) is 36.6. The highest BCUT2D eigenvalue weighted by atomic mass is 16.3. The van der Waals surface area contributed by atoms with Gasteiger partial charge >= 0.3 is 0 Å². The summed E-state index contributed by atoms with van der Waals surface area (Å²) in [6, 6.07) is 13.8. The fourth-order valence-electron chi connectivity index (χ4n) is 6.11. The van der Waals surface area contributed by atoms with Gasteiger partial charge in [0.2, 0.25) is 0 Å². The fourth-order valence-corrected chi connectivity index (χ4v) is 6.11. The van der Waals surface area contributed by atoms with Crippen LogP contribution in [0.25, 0.3) is 21.9 Å². The van der Waals surface area contributed by atoms with Gasteiger partial charge in [-0.3, -0.25) is 9.80 Å². The predicted molar refractivity (Wildman–Crippen MR) is 101 cm³/mol. The van der Waals surface area contributed by atoms with Crippen molar-refractivity contribution in [1.82, 2.24) is 9.80 Å². The van der Waals surface area contributed by atoms with Crippen molar-refractivity contribution in [2.24, 2.45) is 5.92 Å². The van der Waals surface area contributed by atoms with Crippen molar-refractivity contribution in [2.75, 3.05) is 26.3 Å². The molecule has 0 aliphatic carbocycles. The van der Waals surface area contributed by atoms with Crippen LogP contribution >= 0.6 is 0 Å². The molecule has 0 radical (unpaired) electrons. The Hall–Kier alpha value is -1.84. The van der Waals surface area contributed by atoms with E-state index in [1.165, 1.54) is 42.4 Å². The van der Waals surface area contributed by atoms with Crippen molar-refractivity contribution in [3.05, 3.63) is 47.5 Å². The zero-order chi connectivity index (χ0) is 16.8. The highest BCUT2D eigenvalue weighted by molar-refractivity contribution is 6.05. The molecule has 2 aromatic carbocycles. The van der Waals surface area contributed by atoms with E-state index in [9.17, 15) is 0 Å². The van der Waals surface area contributed by atoms with Crippen molar-refractivity contribution >= 4 is 21.9 Å². The van der Waals surface area contributed by atoms with Crippen LogP contribution in [0, 0.1) is 12.8 Å². The first-order valence-corrected chi connectivity index (χ1v) is 9.53. The lowest BCUT2D eigenvalue weighted by molar-refractivity contribution is -0.121. The number of fused-ring (bicyclic) bond motifs is 3. The Bertz CT molecular complexity index is 990. The van der Waals surface area contributed by atoms with E-state index in [1.54, 1.807) is 5.56 Å². The van der Waals surface area contributed by atoms with Crippen molar-refractivity contribution in [2.45, 2.75) is 31.7 Å². The molecule has 3 heteroatoms. The Morgan fingerprint density at radius 1 is 1.08 bits per heavy atom. The third-order valence-corrected chi connectivity index (χ3v) is 7.16. The third kappa shape index (κ3) is 1.78. The van der Waals surface area contributed by atoms with Crippen LogP contribution in [0.15, 0.2) is 40.8 Å². The minimum absolute atomic E-state index is 0.274. The van der Waals surface area contributed by atoms with Crippen LogP contribution in [0.4, 0.5) is 0 Å². The van der Waals surface area contributed by atoms with Gasteiger partial charge in [-0.1, -0.05) is 18.2 Å². The number of furan rings is 1. The molecular weight excluding hydrogens is 308 g/mol. The molecule has 4 saturated heterocycles. The predicted octanol–water partition coefficient (Wildman–Crippen LogP) is 4.13. The Balaban J connectivity index is 1.61. The molecule has 4 unspecified atom stereocenters. The number of hydrogen-bond acceptors (Lipinski definition) is 3. The van der Waals surface area contributed by atoms with Crippen LogP contribution in [-0.4, -0.2) is 42.1 Å². The van der Waals surface area contributed by atoms with E-state index in [0.29, 0.717) is 6.04 Å². The summed E-state index contributed by atoms with van der Waals surface area (Å²) in [5.74, 6) is 0.829. The molecule has 128 valence electrons. The van der Waals surface area contributed by atoms with Gasteiger partial charge in [0, 0.05) is 41.9 Å². The number of aryl methyl sites for hydroxylation is 1. The summed E-state index contributed by atoms with van der Waals surface area (Å²) in [6.45, 7) is 9.68. The molecule has 4 aliphatic rings. The summed E-state index contributed by atoms with van der Waals surface area (Å²) < 4.78 is 6.11. The standard InChI is InChI=1S/C22H24N2O/c1-14-7-21-18(17-5-3-4-6-20(17)25-21)8-19(14)22-9-16-10-23(12-22)13-24(11-16)15(22)2/h3-8,15-16H,9-13H2,1-2H3/t15-,16?,22?/m1/s1. The molecule has 3 aromatic rings. The highest BCUT2D eigenvalue weighted by Gasteiger charge is 2.55. The van der Waals surface area contributed by atoms with Crippen LogP contribution < -0.4 is 0 Å². The lowest BCUT2D eigenvalue weighted by Crippen LogP contribution is -2.72. The minimum Gasteiger partial charge on any atom is -0.456 e. The summed E-state index contributed by atoms with van der Waals surface area (Å²) in [6.07, 6.45) is 1.34. The minimum atomic E-state index is 0.274. The third-order valence-electron chi connectivity index (χ3n) is 7.16. The smallest absolute Gasteiger partial charge is 0.135 e. The first-order valence-electron chi connectivity index (χ1n) is 9.53. The maximum atomic E-state index is 6.11. The zero-order valence-corrected chi connectivity index (χ0v) is 15.0. The molecule has 0 amide bonds. The lowest BCUT2D eigenvalue weighted by Gasteiger charge is -2.63. The van der Waals surface area contributed by atoms with Crippen molar-refractivity contribution < 1.29 is 4.42 Å². The summed E-state index contributed by atoms with van der Waals surface area (Å²) in [4.78, 5) is 5.38. The Morgan fingerprint density at radius 3 is 2.84 bits per heavy atom. The van der Waals surface area contributed by atoms with Crippen LogP contribution in [-0.2, 0) is 5.41 Å². The monoisotopic (exact) mass is 332 g/mol. The maximum Gasteiger partial charge on any atom is 0.135 e. The second-order valence-electron chi connectivity index (χ2n) is 8.59. The van der Waals surface area contributed by atoms with Crippen molar-refractivity contribution in [3.63, 3.8) is 0 Å². The van der Waals surface area contributed by atoms with Gasteiger partial charge in [0.15, 0.2) is 0 Å². The van der Waals surface area contributed by atoms with Gasteiger partial charge in [0.1, 0.15) is 11.2 Å². The second-order valence-corrected chi connectivity index (χ2v) is 8.59. The van der Waals surface area contributed by atoms with E-state index in [1.807, 2.05) is 0 Å². The molecule has 1 aromatic heterocycles. The summed E-state index contributed by atoms with van der Waals surface area (Å²) in [7, 11) is 0. The number of piperidine rings is 2. The van der Waals surface area contributed by atoms with Gasteiger partial charge in [-0.05, 0) is 55.5 Å². The van der Waals surface area contributed by atoms with Gasteiger partial charge in [-0.25, -0.2) is 0 Å². The van der Waals surface area contributed by atoms with E-state index in [-0.39, 0.29) is 5.41 Å². The van der Waals surface area contributed by atoms with Gasteiger partial charge in [-0.15, -0.1) is 0 Å². The molecule has 0 saturated carbocycles. The van der Waals surface area contributed by atoms with E-state index in [2.05, 4.69) is 60.0 Å². The van der Waals surface area contributed by atoms with Gasteiger partial charge in [0.25, 0.3) is 0 Å². The largest absolute Gasteiger partial charge is 0.456 e. The number of benzene rings is 2. The Kier molecular flexibility index (Phi) is 2.67. The average Bonchev–Trinajstić information content (AvgIpc) is 2.95.